The van der Waals surface area contributed by atoms with E-state index in [2.05, 4.69) is 63.8 Å². The normalized spacial score (nSPS) is 14.6. The molecule has 16 heavy (non-hydrogen) atoms. The van der Waals surface area contributed by atoms with Crippen LogP contribution in [0, 0.1) is 0 Å². The molecule has 0 atom stereocenters. The number of nitrogens with zero attached hydrogens (tertiary/aromatic N) is 1. The minimum Gasteiger partial charge on any atom is -0.312 e. The summed E-state index contributed by atoms with van der Waals surface area (Å²) in [6.07, 6.45) is 4.17. The Labute approximate surface area is 107 Å². The molecule has 0 bridgehead atoms. The Kier molecular flexibility index (Phi) is 5.71. The molecule has 0 rings (SSSR count). The van der Waals surface area contributed by atoms with Gasteiger partial charge in [0, 0.05) is 0 Å². The monoisotopic (exact) mass is 275 g/mol. The number of hydrogen-bond acceptors (Lipinski definition) is 1. The maximum atomic E-state index is 2.81. The molecule has 0 radical (unpaired) electrons. The summed E-state index contributed by atoms with van der Waals surface area (Å²) in [5.41, 5.74) is 0. The Hall–Kier alpha value is 0.611. The van der Waals surface area contributed by atoms with Gasteiger partial charge in [0.15, 0.2) is 0 Å². The third-order valence-electron chi connectivity index (χ3n) is 2.09. The van der Waals surface area contributed by atoms with Gasteiger partial charge >= 0.3 is 0 Å². The van der Waals surface area contributed by atoms with E-state index in [-0.39, 0.29) is 0 Å². The van der Waals surface area contributed by atoms with Gasteiger partial charge in [-0.2, -0.15) is 0 Å². The van der Waals surface area contributed by atoms with Crippen LogP contribution < -0.4 is 0 Å². The summed E-state index contributed by atoms with van der Waals surface area (Å²) in [7, 11) is -2.85. The molecule has 0 saturated heterocycles. The molecular formula is C12H33NSi3. The van der Waals surface area contributed by atoms with Crippen molar-refractivity contribution in [1.82, 2.24) is 4.90 Å². The van der Waals surface area contributed by atoms with Crippen molar-refractivity contribution in [3.05, 3.63) is 0 Å². The van der Waals surface area contributed by atoms with E-state index < -0.39 is 24.2 Å². The standard InChI is InChI=1S/C12H33NSi3/c1-14(2,3)10-13(11-15(4,5)6)12-16(7,8)9/h10-12H2,1-9H3. The lowest BCUT2D eigenvalue weighted by Gasteiger charge is -2.36. The molecule has 0 aliphatic heterocycles. The summed E-state index contributed by atoms with van der Waals surface area (Å²) in [4.78, 5) is 2.81. The van der Waals surface area contributed by atoms with Crippen molar-refractivity contribution >= 4 is 24.2 Å². The molecular weight excluding hydrogens is 242 g/mol. The van der Waals surface area contributed by atoms with E-state index in [1.54, 1.807) is 0 Å². The second kappa shape index (κ2) is 5.50. The average Bonchev–Trinajstić information content (AvgIpc) is 1.70. The largest absolute Gasteiger partial charge is 0.312 e. The van der Waals surface area contributed by atoms with E-state index in [0.717, 1.165) is 0 Å². The summed E-state index contributed by atoms with van der Waals surface area (Å²) in [5, 5.41) is 0. The van der Waals surface area contributed by atoms with Crippen LogP contribution in [0.2, 0.25) is 58.9 Å². The first-order valence-corrected chi connectivity index (χ1v) is 17.6. The van der Waals surface area contributed by atoms with Crippen molar-refractivity contribution in [3.63, 3.8) is 0 Å². The first kappa shape index (κ1) is 16.6. The zero-order chi connectivity index (χ0) is 13.2. The van der Waals surface area contributed by atoms with Crippen LogP contribution in [0.3, 0.4) is 0 Å². The smallest absolute Gasteiger partial charge is 0.0599 e. The van der Waals surface area contributed by atoms with Crippen LogP contribution in [0.5, 0.6) is 0 Å². The van der Waals surface area contributed by atoms with Crippen LogP contribution in [-0.2, 0) is 0 Å². The van der Waals surface area contributed by atoms with E-state index in [0.29, 0.717) is 0 Å². The fourth-order valence-electron chi connectivity index (χ4n) is 2.18. The summed E-state index contributed by atoms with van der Waals surface area (Å²) >= 11 is 0. The lowest BCUT2D eigenvalue weighted by Crippen LogP contribution is -2.52. The molecule has 0 amide bonds. The van der Waals surface area contributed by atoms with Gasteiger partial charge in [0.25, 0.3) is 0 Å². The van der Waals surface area contributed by atoms with Crippen molar-refractivity contribution < 1.29 is 0 Å². The van der Waals surface area contributed by atoms with Crippen molar-refractivity contribution in [2.75, 3.05) is 18.5 Å². The molecule has 0 aromatic heterocycles. The van der Waals surface area contributed by atoms with Crippen LogP contribution in [-0.4, -0.2) is 47.6 Å². The second-order valence-corrected chi connectivity index (χ2v) is 25.1. The van der Waals surface area contributed by atoms with Gasteiger partial charge in [0.2, 0.25) is 0 Å². The molecule has 0 aliphatic carbocycles. The lowest BCUT2D eigenvalue weighted by molar-refractivity contribution is 0.409. The highest BCUT2D eigenvalue weighted by molar-refractivity contribution is 6.79. The summed E-state index contributed by atoms with van der Waals surface area (Å²) in [5.74, 6) is 0. The fraction of sp³-hybridized carbons (Fsp3) is 1.00. The molecule has 0 aliphatic rings. The van der Waals surface area contributed by atoms with Crippen molar-refractivity contribution in [2.24, 2.45) is 0 Å². The average molecular weight is 276 g/mol. The zero-order valence-electron chi connectivity index (χ0n) is 13.1. The molecule has 0 saturated carbocycles. The number of rotatable bonds is 6. The van der Waals surface area contributed by atoms with Gasteiger partial charge in [-0.3, -0.25) is 0 Å². The van der Waals surface area contributed by atoms with Gasteiger partial charge in [-0.15, -0.1) is 0 Å². The van der Waals surface area contributed by atoms with Crippen molar-refractivity contribution in [2.45, 2.75) is 58.9 Å². The van der Waals surface area contributed by atoms with Crippen molar-refractivity contribution in [3.8, 4) is 0 Å². The van der Waals surface area contributed by atoms with Crippen LogP contribution in [0.15, 0.2) is 0 Å². The van der Waals surface area contributed by atoms with Gasteiger partial charge < -0.3 is 4.90 Å². The molecule has 0 aromatic carbocycles. The van der Waals surface area contributed by atoms with Crippen LogP contribution in [0.4, 0.5) is 0 Å². The van der Waals surface area contributed by atoms with Gasteiger partial charge in [0.05, 0.1) is 24.2 Å². The highest BCUT2D eigenvalue weighted by Crippen LogP contribution is 2.13. The summed E-state index contributed by atoms with van der Waals surface area (Å²) in [6, 6.07) is 0. The van der Waals surface area contributed by atoms with Gasteiger partial charge in [-0.05, 0) is 18.5 Å². The second-order valence-electron chi connectivity index (χ2n) is 8.83. The Balaban J connectivity index is 4.53. The van der Waals surface area contributed by atoms with Crippen molar-refractivity contribution in [1.29, 1.82) is 0 Å². The molecule has 0 aromatic rings. The minimum absolute atomic E-state index is 0.949. The SMILES string of the molecule is C[Si](C)(C)CN(C[Si](C)(C)C)C[Si](C)(C)C. The van der Waals surface area contributed by atoms with Gasteiger partial charge in [-0.1, -0.05) is 58.9 Å². The van der Waals surface area contributed by atoms with E-state index in [9.17, 15) is 0 Å². The molecule has 0 spiro atoms. The van der Waals surface area contributed by atoms with Gasteiger partial charge in [-0.25, -0.2) is 0 Å². The Bertz CT molecular complexity index is 170. The van der Waals surface area contributed by atoms with E-state index in [1.807, 2.05) is 0 Å². The Morgan fingerprint density at radius 3 is 0.812 bits per heavy atom. The highest BCUT2D eigenvalue weighted by atomic mass is 28.3. The Morgan fingerprint density at radius 1 is 0.500 bits per heavy atom. The third-order valence-corrected chi connectivity index (χ3v) is 6.28. The first-order chi connectivity index (χ1) is 6.79. The van der Waals surface area contributed by atoms with Crippen LogP contribution >= 0.6 is 0 Å². The lowest BCUT2D eigenvalue weighted by atomic mass is 11.0. The highest BCUT2D eigenvalue weighted by Gasteiger charge is 2.27. The molecule has 0 fully saturated rings. The zero-order valence-corrected chi connectivity index (χ0v) is 16.1. The third kappa shape index (κ3) is 11.1. The van der Waals surface area contributed by atoms with Gasteiger partial charge in [0.1, 0.15) is 0 Å². The van der Waals surface area contributed by atoms with E-state index in [4.69, 9.17) is 0 Å². The quantitative estimate of drug-likeness (QED) is 0.664. The molecule has 0 N–H and O–H groups in total. The van der Waals surface area contributed by atoms with E-state index in [1.165, 1.54) is 18.5 Å². The number of hydrogen-bond donors (Lipinski definition) is 0. The molecule has 0 heterocycles. The first-order valence-electron chi connectivity index (χ1n) is 6.51. The predicted octanol–water partition coefficient (Wildman–Crippen LogP) is 3.92. The minimum atomic E-state index is -0.949. The topological polar surface area (TPSA) is 3.24 Å². The predicted molar refractivity (Wildman–Crippen MR) is 86.5 cm³/mol. The molecule has 0 unspecified atom stereocenters. The molecule has 4 heteroatoms. The maximum Gasteiger partial charge on any atom is 0.0599 e. The fourth-order valence-corrected chi connectivity index (χ4v) is 7.55. The summed E-state index contributed by atoms with van der Waals surface area (Å²) in [6.45, 7) is 22.5. The maximum absolute atomic E-state index is 2.81. The summed E-state index contributed by atoms with van der Waals surface area (Å²) < 4.78 is 0. The Morgan fingerprint density at radius 2 is 0.688 bits per heavy atom. The molecule has 1 nitrogen and oxygen atoms in total. The molecule has 98 valence electrons. The van der Waals surface area contributed by atoms with E-state index >= 15 is 0 Å². The van der Waals surface area contributed by atoms with Crippen LogP contribution in [0.25, 0.3) is 0 Å². The van der Waals surface area contributed by atoms with Crippen LogP contribution in [0.1, 0.15) is 0 Å².